The summed E-state index contributed by atoms with van der Waals surface area (Å²) in [7, 11) is 2.44. The van der Waals surface area contributed by atoms with Crippen LogP contribution in [0.25, 0.3) is 0 Å². The molecular weight excluding hydrogens is 217 g/mol. The summed E-state index contributed by atoms with van der Waals surface area (Å²) in [4.78, 5) is 4.47. The highest BCUT2D eigenvalue weighted by Gasteiger charge is 2.04. The monoisotopic (exact) mass is 237 g/mol. The van der Waals surface area contributed by atoms with Crippen LogP contribution in [0, 0.1) is 0 Å². The molecule has 0 spiro atoms. The van der Waals surface area contributed by atoms with Crippen molar-refractivity contribution in [2.75, 3.05) is 13.3 Å². The van der Waals surface area contributed by atoms with Crippen molar-refractivity contribution in [1.29, 1.82) is 0 Å². The van der Waals surface area contributed by atoms with E-state index in [4.69, 9.17) is 4.74 Å². The van der Waals surface area contributed by atoms with Crippen LogP contribution < -0.4 is 10.0 Å². The van der Waals surface area contributed by atoms with Crippen LogP contribution in [0.3, 0.4) is 0 Å². The second-order valence-corrected chi connectivity index (χ2v) is 5.86. The molecule has 0 aliphatic heterocycles. The van der Waals surface area contributed by atoms with Crippen molar-refractivity contribution < 1.29 is 4.74 Å². The molecule has 88 valence electrons. The summed E-state index contributed by atoms with van der Waals surface area (Å²) < 4.78 is 5.31. The molecule has 1 unspecified atom stereocenters. The summed E-state index contributed by atoms with van der Waals surface area (Å²) in [6.07, 6.45) is 3.00. The molecule has 0 fully saturated rings. The van der Waals surface area contributed by atoms with E-state index in [9.17, 15) is 0 Å². The largest absolute Gasteiger partial charge is 0.496 e. The number of para-hydroxylation sites is 1. The van der Waals surface area contributed by atoms with Crippen LogP contribution in [0.15, 0.2) is 29.3 Å². The average Bonchev–Trinajstić information content (AvgIpc) is 2.23. The molecule has 0 bridgehead atoms. The lowest BCUT2D eigenvalue weighted by Gasteiger charge is -2.11. The third-order valence-electron chi connectivity index (χ3n) is 1.97. The van der Waals surface area contributed by atoms with Gasteiger partial charge in [-0.1, -0.05) is 26.8 Å². The molecule has 1 aromatic rings. The van der Waals surface area contributed by atoms with Gasteiger partial charge in [0.1, 0.15) is 5.75 Å². The predicted molar refractivity (Wildman–Crippen MR) is 74.1 cm³/mol. The summed E-state index contributed by atoms with van der Waals surface area (Å²) in [5.74, 6) is 0.977. The second kappa shape index (κ2) is 6.00. The number of rotatable bonds is 4. The zero-order valence-corrected chi connectivity index (χ0v) is 11.4. The van der Waals surface area contributed by atoms with Crippen LogP contribution >= 0.6 is 8.58 Å². The van der Waals surface area contributed by atoms with E-state index >= 15 is 0 Å². The van der Waals surface area contributed by atoms with Crippen molar-refractivity contribution in [2.24, 2.45) is 4.99 Å². The van der Waals surface area contributed by atoms with Crippen molar-refractivity contribution >= 4 is 20.1 Å². The Hall–Kier alpha value is -0.880. The van der Waals surface area contributed by atoms with Gasteiger partial charge in [-0.15, -0.1) is 0 Å². The minimum Gasteiger partial charge on any atom is -0.496 e. The number of ether oxygens (including phenoxy) is 1. The van der Waals surface area contributed by atoms with Gasteiger partial charge >= 0.3 is 0 Å². The fraction of sp³-hybridized carbons (Fsp3) is 0.462. The number of hydrogen-bond donors (Lipinski definition) is 0. The normalized spacial score (nSPS) is 12.8. The van der Waals surface area contributed by atoms with Gasteiger partial charge in [0.05, 0.1) is 12.6 Å². The molecule has 0 N–H and O–H groups in total. The highest BCUT2D eigenvalue weighted by Crippen LogP contribution is 2.18. The molecule has 1 atom stereocenters. The molecule has 0 heterocycles. The maximum absolute atomic E-state index is 5.31. The van der Waals surface area contributed by atoms with Gasteiger partial charge in [0, 0.05) is 17.7 Å². The molecule has 3 heteroatoms. The summed E-state index contributed by atoms with van der Waals surface area (Å²) in [5, 5.41) is 1.27. The Bertz CT molecular complexity index is 355. The number of benzene rings is 1. The number of methoxy groups -OCH3 is 1. The molecular formula is C13H20NOP. The van der Waals surface area contributed by atoms with Gasteiger partial charge in [0.15, 0.2) is 0 Å². The number of aliphatic imine (C=N–C) groups is 1. The van der Waals surface area contributed by atoms with Crippen molar-refractivity contribution in [3.63, 3.8) is 0 Å². The van der Waals surface area contributed by atoms with E-state index in [0.29, 0.717) is 0 Å². The van der Waals surface area contributed by atoms with E-state index in [1.54, 1.807) is 7.11 Å². The highest BCUT2D eigenvalue weighted by molar-refractivity contribution is 7.48. The smallest absolute Gasteiger partial charge is 0.126 e. The molecule has 0 radical (unpaired) electrons. The Kier molecular flexibility index (Phi) is 4.95. The maximum Gasteiger partial charge on any atom is 0.126 e. The quantitative estimate of drug-likeness (QED) is 0.583. The molecule has 0 aromatic heterocycles. The van der Waals surface area contributed by atoms with Crippen LogP contribution in [0.4, 0.5) is 0 Å². The molecule has 0 amide bonds. The highest BCUT2D eigenvalue weighted by atomic mass is 31.1. The van der Waals surface area contributed by atoms with Crippen LogP contribution in [0.5, 0.6) is 5.75 Å². The lowest BCUT2D eigenvalue weighted by Crippen LogP contribution is -2.10. The van der Waals surface area contributed by atoms with Gasteiger partial charge in [-0.3, -0.25) is 4.99 Å². The standard InChI is InChI=1S/C13H20NOP/c1-13(2,3)14-9-10-16-12-8-6-5-7-11(12)15-4/h5-9,16H,10H2,1-4H3. The maximum atomic E-state index is 5.31. The Balaban J connectivity index is 2.52. The van der Waals surface area contributed by atoms with Crippen molar-refractivity contribution in [3.05, 3.63) is 24.3 Å². The van der Waals surface area contributed by atoms with Gasteiger partial charge in [-0.05, 0) is 26.8 Å². The molecule has 2 nitrogen and oxygen atoms in total. The van der Waals surface area contributed by atoms with Crippen molar-refractivity contribution in [2.45, 2.75) is 26.3 Å². The average molecular weight is 237 g/mol. The molecule has 1 aromatic carbocycles. The summed E-state index contributed by atoms with van der Waals surface area (Å²) in [5.41, 5.74) is 0.0330. The Morgan fingerprint density at radius 3 is 2.62 bits per heavy atom. The Morgan fingerprint density at radius 2 is 2.00 bits per heavy atom. The van der Waals surface area contributed by atoms with E-state index in [0.717, 1.165) is 20.5 Å². The van der Waals surface area contributed by atoms with E-state index < -0.39 is 0 Å². The molecule has 1 rings (SSSR count). The fourth-order valence-electron chi connectivity index (χ4n) is 1.27. The SMILES string of the molecule is COc1ccccc1PCC=NC(C)(C)C. The minimum absolute atomic E-state index is 0.0330. The lowest BCUT2D eigenvalue weighted by atomic mass is 10.1. The first-order valence-electron chi connectivity index (χ1n) is 5.43. The first-order valence-corrected chi connectivity index (χ1v) is 6.64. The number of nitrogens with zero attached hydrogens (tertiary/aromatic N) is 1. The summed E-state index contributed by atoms with van der Waals surface area (Å²) in [6.45, 7) is 6.32. The number of hydrogen-bond acceptors (Lipinski definition) is 2. The van der Waals surface area contributed by atoms with Gasteiger partial charge in [0.25, 0.3) is 0 Å². The zero-order valence-electron chi connectivity index (χ0n) is 10.4. The van der Waals surface area contributed by atoms with Crippen LogP contribution in [-0.2, 0) is 0 Å². The zero-order chi connectivity index (χ0) is 12.0. The van der Waals surface area contributed by atoms with Crippen LogP contribution in [-0.4, -0.2) is 25.0 Å². The summed E-state index contributed by atoms with van der Waals surface area (Å²) >= 11 is 0. The third kappa shape index (κ3) is 4.76. The third-order valence-corrected chi connectivity index (χ3v) is 3.15. The molecule has 0 aliphatic carbocycles. The minimum atomic E-state index is 0.0330. The summed E-state index contributed by atoms with van der Waals surface area (Å²) in [6, 6.07) is 8.16. The topological polar surface area (TPSA) is 21.6 Å². The van der Waals surface area contributed by atoms with Gasteiger partial charge in [-0.25, -0.2) is 0 Å². The van der Waals surface area contributed by atoms with Crippen LogP contribution in [0.1, 0.15) is 20.8 Å². The molecule has 0 aliphatic rings. The van der Waals surface area contributed by atoms with E-state index in [1.807, 2.05) is 24.4 Å². The molecule has 0 saturated carbocycles. The van der Waals surface area contributed by atoms with Crippen molar-refractivity contribution in [3.8, 4) is 5.75 Å². The molecule has 0 saturated heterocycles. The van der Waals surface area contributed by atoms with Gasteiger partial charge in [0.2, 0.25) is 0 Å². The first kappa shape index (κ1) is 13.2. The predicted octanol–water partition coefficient (Wildman–Crippen LogP) is 2.87. The first-order chi connectivity index (χ1) is 7.53. The lowest BCUT2D eigenvalue weighted by molar-refractivity contribution is 0.418. The second-order valence-electron chi connectivity index (χ2n) is 4.56. The van der Waals surface area contributed by atoms with E-state index in [1.165, 1.54) is 5.30 Å². The Labute approximate surface area is 99.9 Å². The van der Waals surface area contributed by atoms with E-state index in [2.05, 4.69) is 31.8 Å². The van der Waals surface area contributed by atoms with E-state index in [-0.39, 0.29) is 5.54 Å². The van der Waals surface area contributed by atoms with Crippen LogP contribution in [0.2, 0.25) is 0 Å². The van der Waals surface area contributed by atoms with Crippen molar-refractivity contribution in [1.82, 2.24) is 0 Å². The molecule has 16 heavy (non-hydrogen) atoms. The Morgan fingerprint density at radius 1 is 1.31 bits per heavy atom. The fourth-order valence-corrected chi connectivity index (χ4v) is 2.24. The van der Waals surface area contributed by atoms with Gasteiger partial charge in [-0.2, -0.15) is 0 Å². The van der Waals surface area contributed by atoms with Gasteiger partial charge < -0.3 is 4.74 Å².